The van der Waals surface area contributed by atoms with Crippen molar-refractivity contribution in [3.8, 4) is 11.5 Å². The summed E-state index contributed by atoms with van der Waals surface area (Å²) in [5.41, 5.74) is 0.348. The number of aromatic nitrogens is 3. The Morgan fingerprint density at radius 3 is 3.04 bits per heavy atom. The van der Waals surface area contributed by atoms with Crippen molar-refractivity contribution in [1.29, 1.82) is 0 Å². The molecule has 1 aromatic carbocycles. The average molecular weight is 359 g/mol. The van der Waals surface area contributed by atoms with Crippen molar-refractivity contribution in [2.75, 3.05) is 6.61 Å². The average Bonchev–Trinajstić information content (AvgIpc) is 3.02. The summed E-state index contributed by atoms with van der Waals surface area (Å²) in [5.74, 6) is 0.547. The number of benzene rings is 1. The van der Waals surface area contributed by atoms with Crippen LogP contribution in [0.5, 0.6) is 11.5 Å². The Morgan fingerprint density at radius 2 is 2.20 bits per heavy atom. The summed E-state index contributed by atoms with van der Waals surface area (Å²) in [4.78, 5) is 28.7. The van der Waals surface area contributed by atoms with Crippen molar-refractivity contribution in [2.45, 2.75) is 19.6 Å². The molecular weight excluding hydrogens is 346 g/mol. The van der Waals surface area contributed by atoms with E-state index in [0.717, 1.165) is 0 Å². The minimum Gasteiger partial charge on any atom is -0.485 e. The lowest BCUT2D eigenvalue weighted by molar-refractivity contribution is -0.155. The van der Waals surface area contributed by atoms with Gasteiger partial charge in [0.25, 0.3) is 5.56 Å². The smallest absolute Gasteiger partial charge is 0.351 e. The number of rotatable bonds is 3. The van der Waals surface area contributed by atoms with Crippen LogP contribution in [0.2, 0.25) is 0 Å². The zero-order valence-corrected chi connectivity index (χ0v) is 14.0. The minimum atomic E-state index is -0.840. The number of para-hydroxylation sites is 2. The zero-order chi connectivity index (χ0) is 17.4. The maximum absolute atomic E-state index is 12.2. The largest absolute Gasteiger partial charge is 0.485 e. The number of fused-ring (bicyclic) bond motifs is 2. The van der Waals surface area contributed by atoms with E-state index in [2.05, 4.69) is 10.1 Å². The van der Waals surface area contributed by atoms with Crippen LogP contribution in [0.1, 0.15) is 10.7 Å². The highest BCUT2D eigenvalue weighted by Gasteiger charge is 2.29. The summed E-state index contributed by atoms with van der Waals surface area (Å²) in [6.07, 6.45) is -0.840. The second-order valence-corrected chi connectivity index (χ2v) is 6.44. The lowest BCUT2D eigenvalue weighted by Gasteiger charge is -2.24. The number of esters is 1. The van der Waals surface area contributed by atoms with Crippen LogP contribution in [-0.2, 0) is 16.1 Å². The first-order valence-electron chi connectivity index (χ1n) is 7.52. The number of hydrogen-bond acceptors (Lipinski definition) is 8. The van der Waals surface area contributed by atoms with Crippen LogP contribution in [-0.4, -0.2) is 33.3 Å². The monoisotopic (exact) mass is 359 g/mol. The van der Waals surface area contributed by atoms with Gasteiger partial charge in [0.15, 0.2) is 16.5 Å². The number of nitrogens with zero attached hydrogens (tertiary/aromatic N) is 3. The van der Waals surface area contributed by atoms with Gasteiger partial charge in [0.05, 0.1) is 0 Å². The van der Waals surface area contributed by atoms with E-state index in [4.69, 9.17) is 14.2 Å². The SMILES string of the molecule is Cc1cc(=O)n2nc(COC(=O)[C@H]3COc4ccccc4O3)sc2n1. The Bertz CT molecular complexity index is 1010. The van der Waals surface area contributed by atoms with Gasteiger partial charge in [-0.05, 0) is 19.1 Å². The number of carbonyl (C=O) groups excluding carboxylic acids is 1. The molecule has 9 heteroatoms. The van der Waals surface area contributed by atoms with Gasteiger partial charge in [-0.3, -0.25) is 4.79 Å². The Kier molecular flexibility index (Phi) is 3.85. The number of aryl methyl sites for hydroxylation is 1. The van der Waals surface area contributed by atoms with Crippen molar-refractivity contribution in [2.24, 2.45) is 0 Å². The molecule has 0 radical (unpaired) electrons. The van der Waals surface area contributed by atoms with Crippen LogP contribution in [0.25, 0.3) is 4.96 Å². The van der Waals surface area contributed by atoms with E-state index in [9.17, 15) is 9.59 Å². The third kappa shape index (κ3) is 3.05. The summed E-state index contributed by atoms with van der Waals surface area (Å²) >= 11 is 1.19. The molecule has 1 atom stereocenters. The molecule has 0 bridgehead atoms. The minimum absolute atomic E-state index is 0.0626. The van der Waals surface area contributed by atoms with Gasteiger partial charge in [-0.15, -0.1) is 0 Å². The maximum Gasteiger partial charge on any atom is 0.351 e. The Labute approximate surface area is 145 Å². The van der Waals surface area contributed by atoms with Crippen LogP contribution in [0.3, 0.4) is 0 Å². The van der Waals surface area contributed by atoms with Crippen LogP contribution >= 0.6 is 11.3 Å². The fraction of sp³-hybridized carbons (Fsp3) is 0.250. The van der Waals surface area contributed by atoms with Crippen LogP contribution in [0.15, 0.2) is 35.1 Å². The molecule has 8 nitrogen and oxygen atoms in total. The quantitative estimate of drug-likeness (QED) is 0.652. The van der Waals surface area contributed by atoms with Crippen molar-refractivity contribution in [1.82, 2.24) is 14.6 Å². The topological polar surface area (TPSA) is 92.0 Å². The third-order valence-electron chi connectivity index (χ3n) is 3.52. The molecule has 0 N–H and O–H groups in total. The molecule has 128 valence electrons. The molecule has 0 spiro atoms. The summed E-state index contributed by atoms with van der Waals surface area (Å²) < 4.78 is 17.5. The molecule has 0 unspecified atom stereocenters. The molecule has 0 aliphatic carbocycles. The first-order valence-corrected chi connectivity index (χ1v) is 8.33. The van der Waals surface area contributed by atoms with E-state index in [1.807, 2.05) is 6.07 Å². The summed E-state index contributed by atoms with van der Waals surface area (Å²) in [6, 6.07) is 8.51. The number of carbonyl (C=O) groups is 1. The van der Waals surface area contributed by atoms with E-state index in [1.165, 1.54) is 21.9 Å². The van der Waals surface area contributed by atoms with Gasteiger partial charge in [0.1, 0.15) is 13.2 Å². The van der Waals surface area contributed by atoms with Gasteiger partial charge in [0, 0.05) is 11.8 Å². The van der Waals surface area contributed by atoms with Crippen LogP contribution in [0, 0.1) is 6.92 Å². The standard InChI is InChI=1S/C16H13N3O5S/c1-9-6-14(20)19-16(17-9)25-13(18-19)8-23-15(21)12-7-22-10-4-2-3-5-11(10)24-12/h2-6,12H,7-8H2,1H3/t12-/m1/s1. The summed E-state index contributed by atoms with van der Waals surface area (Å²) in [5, 5.41) is 4.59. The highest BCUT2D eigenvalue weighted by molar-refractivity contribution is 7.16. The number of hydrogen-bond donors (Lipinski definition) is 0. The van der Waals surface area contributed by atoms with E-state index < -0.39 is 12.1 Å². The predicted molar refractivity (Wildman–Crippen MR) is 88.0 cm³/mol. The molecule has 4 rings (SSSR count). The van der Waals surface area contributed by atoms with Crippen molar-refractivity contribution in [3.63, 3.8) is 0 Å². The van der Waals surface area contributed by atoms with Gasteiger partial charge < -0.3 is 14.2 Å². The molecule has 0 amide bonds. The molecule has 25 heavy (non-hydrogen) atoms. The van der Waals surface area contributed by atoms with Crippen LogP contribution in [0.4, 0.5) is 0 Å². The molecule has 2 aromatic heterocycles. The van der Waals surface area contributed by atoms with Gasteiger partial charge in [-0.1, -0.05) is 23.5 Å². The molecular formula is C16H13N3O5S. The van der Waals surface area contributed by atoms with Gasteiger partial charge in [0.2, 0.25) is 11.1 Å². The summed E-state index contributed by atoms with van der Waals surface area (Å²) in [7, 11) is 0. The summed E-state index contributed by atoms with van der Waals surface area (Å²) in [6.45, 7) is 1.75. The Balaban J connectivity index is 1.44. The lowest BCUT2D eigenvalue weighted by atomic mass is 10.2. The molecule has 3 aromatic rings. The van der Waals surface area contributed by atoms with E-state index in [-0.39, 0.29) is 18.8 Å². The van der Waals surface area contributed by atoms with E-state index in [1.54, 1.807) is 25.1 Å². The predicted octanol–water partition coefficient (Wildman–Crippen LogP) is 1.34. The first kappa shape index (κ1) is 15.6. The van der Waals surface area contributed by atoms with Gasteiger partial charge in [-0.2, -0.15) is 9.61 Å². The van der Waals surface area contributed by atoms with Crippen molar-refractivity contribution < 1.29 is 19.0 Å². The Morgan fingerprint density at radius 1 is 1.40 bits per heavy atom. The Hall–Kier alpha value is -2.94. The molecule has 1 aliphatic rings. The molecule has 3 heterocycles. The highest BCUT2D eigenvalue weighted by Crippen LogP contribution is 2.31. The van der Waals surface area contributed by atoms with Crippen molar-refractivity contribution >= 4 is 22.3 Å². The normalized spacial score (nSPS) is 16.0. The fourth-order valence-electron chi connectivity index (χ4n) is 2.38. The lowest BCUT2D eigenvalue weighted by Crippen LogP contribution is -2.37. The van der Waals surface area contributed by atoms with E-state index in [0.29, 0.717) is 27.2 Å². The van der Waals surface area contributed by atoms with Gasteiger partial charge >= 0.3 is 5.97 Å². The fourth-order valence-corrected chi connectivity index (χ4v) is 3.24. The second-order valence-electron chi connectivity index (χ2n) is 5.40. The van der Waals surface area contributed by atoms with E-state index >= 15 is 0 Å². The molecule has 0 saturated heterocycles. The van der Waals surface area contributed by atoms with Crippen LogP contribution < -0.4 is 15.0 Å². The highest BCUT2D eigenvalue weighted by atomic mass is 32.1. The third-order valence-corrected chi connectivity index (χ3v) is 4.41. The maximum atomic E-state index is 12.2. The number of ether oxygens (including phenoxy) is 3. The first-order chi connectivity index (χ1) is 12.1. The molecule has 1 aliphatic heterocycles. The zero-order valence-electron chi connectivity index (χ0n) is 13.2. The molecule has 0 saturated carbocycles. The second kappa shape index (κ2) is 6.17. The molecule has 0 fully saturated rings. The van der Waals surface area contributed by atoms with Crippen molar-refractivity contribution in [3.05, 3.63) is 51.4 Å². The van der Waals surface area contributed by atoms with Gasteiger partial charge in [-0.25, -0.2) is 9.78 Å².